The van der Waals surface area contributed by atoms with Crippen molar-refractivity contribution in [2.45, 2.75) is 20.3 Å². The summed E-state index contributed by atoms with van der Waals surface area (Å²) < 4.78 is 9.83. The molecule has 0 saturated carbocycles. The van der Waals surface area contributed by atoms with E-state index in [0.717, 1.165) is 22.3 Å². The fourth-order valence-corrected chi connectivity index (χ4v) is 2.49. The van der Waals surface area contributed by atoms with Gasteiger partial charge in [-0.25, -0.2) is 9.59 Å². The van der Waals surface area contributed by atoms with E-state index in [4.69, 9.17) is 9.47 Å². The van der Waals surface area contributed by atoms with Gasteiger partial charge < -0.3 is 9.47 Å². The number of aromatic nitrogens is 1. The molecule has 0 aliphatic rings. The lowest BCUT2D eigenvalue weighted by Crippen LogP contribution is -1.99. The second-order valence-corrected chi connectivity index (χ2v) is 5.72. The van der Waals surface area contributed by atoms with Gasteiger partial charge in [0.05, 0.1) is 13.2 Å². The maximum absolute atomic E-state index is 11.6. The molecular formula is C22H23NO4. The number of pyridine rings is 1. The second kappa shape index (κ2) is 10.7. The Hall–Kier alpha value is -3.21. The fraction of sp³-hybridized carbons (Fsp3) is 0.227. The van der Waals surface area contributed by atoms with Crippen LogP contribution in [0.1, 0.15) is 36.1 Å². The molecule has 27 heavy (non-hydrogen) atoms. The van der Waals surface area contributed by atoms with Crippen LogP contribution in [-0.2, 0) is 25.5 Å². The van der Waals surface area contributed by atoms with Crippen molar-refractivity contribution in [3.8, 4) is 0 Å². The van der Waals surface area contributed by atoms with E-state index in [1.165, 1.54) is 12.2 Å². The molecule has 0 radical (unpaired) electrons. The van der Waals surface area contributed by atoms with Crippen LogP contribution in [0.3, 0.4) is 0 Å². The van der Waals surface area contributed by atoms with Gasteiger partial charge >= 0.3 is 11.9 Å². The first kappa shape index (κ1) is 20.1. The molecule has 1 heterocycles. The van der Waals surface area contributed by atoms with Crippen molar-refractivity contribution in [3.05, 3.63) is 77.1 Å². The minimum Gasteiger partial charge on any atom is -0.463 e. The van der Waals surface area contributed by atoms with Gasteiger partial charge in [0.25, 0.3) is 0 Å². The molecule has 0 unspecified atom stereocenters. The number of esters is 2. The molecule has 2 rings (SSSR count). The first-order chi connectivity index (χ1) is 13.1. The summed E-state index contributed by atoms with van der Waals surface area (Å²) in [5, 5.41) is 0. The molecule has 5 heteroatoms. The molecule has 0 atom stereocenters. The summed E-state index contributed by atoms with van der Waals surface area (Å²) >= 11 is 0. The van der Waals surface area contributed by atoms with E-state index >= 15 is 0 Å². The lowest BCUT2D eigenvalue weighted by molar-refractivity contribution is -0.138. The van der Waals surface area contributed by atoms with Gasteiger partial charge in [0.1, 0.15) is 0 Å². The minimum absolute atomic E-state index is 0.331. The zero-order valence-corrected chi connectivity index (χ0v) is 15.6. The van der Waals surface area contributed by atoms with E-state index in [9.17, 15) is 9.59 Å². The first-order valence-electron chi connectivity index (χ1n) is 8.83. The zero-order chi connectivity index (χ0) is 19.5. The molecule has 0 bridgehead atoms. The molecule has 0 N–H and O–H groups in total. The summed E-state index contributed by atoms with van der Waals surface area (Å²) in [5.74, 6) is -0.780. The molecule has 0 saturated heterocycles. The molecule has 5 nitrogen and oxygen atoms in total. The van der Waals surface area contributed by atoms with Crippen molar-refractivity contribution >= 4 is 24.1 Å². The third-order valence-electron chi connectivity index (χ3n) is 3.57. The smallest absolute Gasteiger partial charge is 0.330 e. The maximum atomic E-state index is 11.6. The van der Waals surface area contributed by atoms with E-state index < -0.39 is 11.9 Å². The Kier molecular flexibility index (Phi) is 7.97. The number of hydrogen-bond acceptors (Lipinski definition) is 5. The Morgan fingerprint density at radius 2 is 1.52 bits per heavy atom. The van der Waals surface area contributed by atoms with Crippen LogP contribution in [0, 0.1) is 0 Å². The topological polar surface area (TPSA) is 65.5 Å². The van der Waals surface area contributed by atoms with Gasteiger partial charge in [0, 0.05) is 24.5 Å². The summed E-state index contributed by atoms with van der Waals surface area (Å²) in [6.45, 7) is 4.19. The van der Waals surface area contributed by atoms with Crippen LogP contribution in [-0.4, -0.2) is 30.1 Å². The van der Waals surface area contributed by atoms with Crippen molar-refractivity contribution in [3.63, 3.8) is 0 Å². The summed E-state index contributed by atoms with van der Waals surface area (Å²) in [4.78, 5) is 27.3. The second-order valence-electron chi connectivity index (χ2n) is 5.72. The minimum atomic E-state index is -0.390. The molecule has 0 aliphatic carbocycles. The average molecular weight is 365 g/mol. The number of nitrogens with zero attached hydrogens (tertiary/aromatic N) is 1. The highest BCUT2D eigenvalue weighted by Crippen LogP contribution is 2.17. The van der Waals surface area contributed by atoms with Crippen molar-refractivity contribution in [1.82, 2.24) is 4.98 Å². The van der Waals surface area contributed by atoms with Gasteiger partial charge in [-0.1, -0.05) is 18.2 Å². The number of carbonyl (C=O) groups excluding carboxylic acids is 2. The highest BCUT2D eigenvalue weighted by molar-refractivity contribution is 5.88. The van der Waals surface area contributed by atoms with Crippen molar-refractivity contribution in [2.24, 2.45) is 0 Å². The standard InChI is InChI=1S/C22H23NO4/c1-3-26-21(24)9-7-17-12-18(8-10-22(25)27-4-2)14-20(13-17)15-19-6-5-11-23-16-19/h5-14,16H,3-4,15H2,1-2H3/b9-7+,10-8?. The monoisotopic (exact) mass is 365 g/mol. The summed E-state index contributed by atoms with van der Waals surface area (Å²) in [7, 11) is 0. The molecule has 0 aliphatic heterocycles. The van der Waals surface area contributed by atoms with E-state index in [1.54, 1.807) is 32.2 Å². The van der Waals surface area contributed by atoms with Gasteiger partial charge in [-0.05, 0) is 66.8 Å². The number of benzene rings is 1. The van der Waals surface area contributed by atoms with E-state index in [1.807, 2.05) is 36.5 Å². The maximum Gasteiger partial charge on any atom is 0.330 e. The van der Waals surface area contributed by atoms with Crippen molar-refractivity contribution < 1.29 is 19.1 Å². The van der Waals surface area contributed by atoms with Crippen LogP contribution in [0.4, 0.5) is 0 Å². The van der Waals surface area contributed by atoms with Gasteiger partial charge in [-0.15, -0.1) is 0 Å². The predicted molar refractivity (Wildman–Crippen MR) is 105 cm³/mol. The highest BCUT2D eigenvalue weighted by Gasteiger charge is 2.03. The Balaban J connectivity index is 2.28. The van der Waals surface area contributed by atoms with Gasteiger partial charge in [-0.3, -0.25) is 4.98 Å². The van der Waals surface area contributed by atoms with Gasteiger partial charge in [-0.2, -0.15) is 0 Å². The molecular weight excluding hydrogens is 342 g/mol. The van der Waals surface area contributed by atoms with Crippen LogP contribution < -0.4 is 0 Å². The lowest BCUT2D eigenvalue weighted by atomic mass is 10.00. The zero-order valence-electron chi connectivity index (χ0n) is 15.6. The lowest BCUT2D eigenvalue weighted by Gasteiger charge is -2.06. The van der Waals surface area contributed by atoms with E-state index in [2.05, 4.69) is 4.98 Å². The van der Waals surface area contributed by atoms with Crippen LogP contribution in [0.2, 0.25) is 0 Å². The van der Waals surface area contributed by atoms with Crippen LogP contribution in [0.5, 0.6) is 0 Å². The predicted octanol–water partition coefficient (Wildman–Crippen LogP) is 3.83. The van der Waals surface area contributed by atoms with Gasteiger partial charge in [0.15, 0.2) is 0 Å². The SMILES string of the molecule is CCOC(=O)C=Cc1cc(/C=C/C(=O)OCC)cc(Cc2cccnc2)c1. The Labute approximate surface area is 159 Å². The molecule has 0 fully saturated rings. The molecule has 2 aromatic rings. The highest BCUT2D eigenvalue weighted by atomic mass is 16.5. The fourth-order valence-electron chi connectivity index (χ4n) is 2.49. The summed E-state index contributed by atoms with van der Waals surface area (Å²) in [5.41, 5.74) is 3.79. The largest absolute Gasteiger partial charge is 0.463 e. The Morgan fingerprint density at radius 1 is 0.926 bits per heavy atom. The number of rotatable bonds is 8. The summed E-state index contributed by atoms with van der Waals surface area (Å²) in [6, 6.07) is 9.76. The Bertz CT molecular complexity index is 779. The van der Waals surface area contributed by atoms with E-state index in [0.29, 0.717) is 19.6 Å². The third kappa shape index (κ3) is 7.28. The molecule has 1 aromatic heterocycles. The molecule has 140 valence electrons. The normalized spacial score (nSPS) is 11.0. The number of carbonyl (C=O) groups is 2. The number of ether oxygens (including phenoxy) is 2. The van der Waals surface area contributed by atoms with Crippen molar-refractivity contribution in [1.29, 1.82) is 0 Å². The molecule has 0 amide bonds. The van der Waals surface area contributed by atoms with E-state index in [-0.39, 0.29) is 0 Å². The third-order valence-corrected chi connectivity index (χ3v) is 3.57. The van der Waals surface area contributed by atoms with Crippen LogP contribution >= 0.6 is 0 Å². The first-order valence-corrected chi connectivity index (χ1v) is 8.83. The molecule has 0 spiro atoms. The molecule has 1 aromatic carbocycles. The van der Waals surface area contributed by atoms with Crippen molar-refractivity contribution in [2.75, 3.05) is 13.2 Å². The summed E-state index contributed by atoms with van der Waals surface area (Å²) in [6.07, 6.45) is 10.4. The quantitative estimate of drug-likeness (QED) is 0.525. The van der Waals surface area contributed by atoms with Crippen LogP contribution in [0.15, 0.2) is 54.9 Å². The van der Waals surface area contributed by atoms with Gasteiger partial charge in [0.2, 0.25) is 0 Å². The average Bonchev–Trinajstić information content (AvgIpc) is 2.66. The van der Waals surface area contributed by atoms with Crippen LogP contribution in [0.25, 0.3) is 12.2 Å². The Morgan fingerprint density at radius 3 is 2.00 bits per heavy atom. The number of hydrogen-bond donors (Lipinski definition) is 0.